The first kappa shape index (κ1) is 25.7. The van der Waals surface area contributed by atoms with Crippen LogP contribution in [0.1, 0.15) is 52.2 Å². The van der Waals surface area contributed by atoms with E-state index in [-0.39, 0.29) is 28.0 Å². The number of nitro groups is 1. The van der Waals surface area contributed by atoms with Crippen LogP contribution < -0.4 is 10.2 Å². The van der Waals surface area contributed by atoms with Crippen LogP contribution in [-0.2, 0) is 10.2 Å². The van der Waals surface area contributed by atoms with E-state index in [0.29, 0.717) is 5.56 Å². The van der Waals surface area contributed by atoms with E-state index in [2.05, 4.69) is 45.1 Å². The van der Waals surface area contributed by atoms with E-state index in [4.69, 9.17) is 4.74 Å². The zero-order valence-electron chi connectivity index (χ0n) is 20.7. The maximum absolute atomic E-state index is 12.2. The number of ether oxygens (including phenoxy) is 1. The van der Waals surface area contributed by atoms with E-state index in [1.165, 1.54) is 18.3 Å². The van der Waals surface area contributed by atoms with E-state index in [1.54, 1.807) is 18.2 Å². The molecular formula is C27H31N3O5. The topological polar surface area (TPSA) is 114 Å². The summed E-state index contributed by atoms with van der Waals surface area (Å²) in [5, 5.41) is 27.4. The number of carbonyl (C=O) groups is 1. The van der Waals surface area contributed by atoms with E-state index in [1.807, 2.05) is 24.3 Å². The highest BCUT2D eigenvalue weighted by atomic mass is 16.6. The van der Waals surface area contributed by atoms with Gasteiger partial charge in [-0.15, -0.1) is 0 Å². The molecule has 0 bridgehead atoms. The van der Waals surface area contributed by atoms with Crippen LogP contribution in [0.25, 0.3) is 10.8 Å². The molecule has 0 radical (unpaired) electrons. The van der Waals surface area contributed by atoms with Gasteiger partial charge in [-0.25, -0.2) is 5.43 Å². The summed E-state index contributed by atoms with van der Waals surface area (Å²) in [6, 6.07) is 15.7. The highest BCUT2D eigenvalue weighted by Gasteiger charge is 2.29. The Morgan fingerprint density at radius 2 is 1.83 bits per heavy atom. The number of hydrogen-bond donors (Lipinski definition) is 2. The van der Waals surface area contributed by atoms with Crippen LogP contribution in [0, 0.1) is 15.5 Å². The predicted molar refractivity (Wildman–Crippen MR) is 137 cm³/mol. The standard InChI is InChI=1S/C27H31N3O5/c1-26(2,3)17-27(4,5)19-11-13-24(22(14-19)30(33)34)35-16-25(32)29-28-15-21-20-9-7-6-8-18(20)10-12-23(21)31/h6-15,31H,16-17H2,1-5H3,(H,29,32)/b28-15-. The van der Waals surface area contributed by atoms with Crippen molar-refractivity contribution < 1.29 is 19.6 Å². The van der Waals surface area contributed by atoms with Gasteiger partial charge in [-0.2, -0.15) is 5.10 Å². The number of amides is 1. The number of nitrogens with zero attached hydrogens (tertiary/aromatic N) is 2. The highest BCUT2D eigenvalue weighted by Crippen LogP contribution is 2.39. The third-order valence-corrected chi connectivity index (χ3v) is 5.60. The summed E-state index contributed by atoms with van der Waals surface area (Å²) in [5.74, 6) is -0.549. The summed E-state index contributed by atoms with van der Waals surface area (Å²) in [4.78, 5) is 23.4. The number of phenolic OH excluding ortho intramolecular Hbond substituents is 1. The van der Waals surface area contributed by atoms with Crippen molar-refractivity contribution in [1.29, 1.82) is 0 Å². The molecule has 0 heterocycles. The third kappa shape index (κ3) is 6.56. The molecule has 0 unspecified atom stereocenters. The van der Waals surface area contributed by atoms with Gasteiger partial charge in [0.15, 0.2) is 12.4 Å². The lowest BCUT2D eigenvalue weighted by Crippen LogP contribution is -2.26. The number of nitrogens with one attached hydrogen (secondary N) is 1. The summed E-state index contributed by atoms with van der Waals surface area (Å²) < 4.78 is 5.45. The quantitative estimate of drug-likeness (QED) is 0.245. The van der Waals surface area contributed by atoms with Crippen molar-refractivity contribution in [1.82, 2.24) is 5.43 Å². The van der Waals surface area contributed by atoms with Crippen LogP contribution in [0.15, 0.2) is 59.7 Å². The van der Waals surface area contributed by atoms with Crippen LogP contribution in [-0.4, -0.2) is 28.8 Å². The zero-order valence-corrected chi connectivity index (χ0v) is 20.7. The Morgan fingerprint density at radius 3 is 2.51 bits per heavy atom. The van der Waals surface area contributed by atoms with Crippen molar-refractivity contribution in [3.05, 3.63) is 75.8 Å². The molecule has 0 fully saturated rings. The summed E-state index contributed by atoms with van der Waals surface area (Å²) in [6.07, 6.45) is 2.19. The highest BCUT2D eigenvalue weighted by molar-refractivity contribution is 6.02. The fourth-order valence-electron chi connectivity index (χ4n) is 4.40. The Balaban J connectivity index is 1.69. The van der Waals surface area contributed by atoms with Crippen molar-refractivity contribution >= 4 is 28.6 Å². The van der Waals surface area contributed by atoms with Gasteiger partial charge in [-0.3, -0.25) is 14.9 Å². The molecule has 184 valence electrons. The fraction of sp³-hybridized carbons (Fsp3) is 0.333. The fourth-order valence-corrected chi connectivity index (χ4v) is 4.40. The number of aromatic hydroxyl groups is 1. The van der Waals surface area contributed by atoms with E-state index in [0.717, 1.165) is 22.8 Å². The molecule has 0 saturated carbocycles. The average molecular weight is 478 g/mol. The molecule has 0 aromatic heterocycles. The van der Waals surface area contributed by atoms with Crippen molar-refractivity contribution in [3.63, 3.8) is 0 Å². The van der Waals surface area contributed by atoms with Gasteiger partial charge < -0.3 is 9.84 Å². The number of nitro benzene ring substituents is 1. The monoisotopic (exact) mass is 477 g/mol. The van der Waals surface area contributed by atoms with Crippen LogP contribution >= 0.6 is 0 Å². The van der Waals surface area contributed by atoms with Gasteiger partial charge in [0.1, 0.15) is 5.75 Å². The Kier molecular flexibility index (Phi) is 7.43. The first-order valence-electron chi connectivity index (χ1n) is 11.3. The minimum absolute atomic E-state index is 0.0103. The van der Waals surface area contributed by atoms with Crippen molar-refractivity contribution in [2.45, 2.75) is 46.5 Å². The van der Waals surface area contributed by atoms with Gasteiger partial charge in [0.25, 0.3) is 5.91 Å². The summed E-state index contributed by atoms with van der Waals surface area (Å²) >= 11 is 0. The molecule has 8 heteroatoms. The molecule has 0 saturated heterocycles. The minimum Gasteiger partial charge on any atom is -0.507 e. The smallest absolute Gasteiger partial charge is 0.311 e. The van der Waals surface area contributed by atoms with Crippen LogP contribution in [0.3, 0.4) is 0 Å². The van der Waals surface area contributed by atoms with Gasteiger partial charge >= 0.3 is 5.69 Å². The maximum atomic E-state index is 12.2. The second kappa shape index (κ2) is 10.1. The molecule has 0 atom stereocenters. The number of fused-ring (bicyclic) bond motifs is 1. The number of rotatable bonds is 8. The van der Waals surface area contributed by atoms with Crippen LogP contribution in [0.2, 0.25) is 0 Å². The van der Waals surface area contributed by atoms with E-state index < -0.39 is 17.4 Å². The lowest BCUT2D eigenvalue weighted by atomic mass is 9.72. The van der Waals surface area contributed by atoms with Crippen molar-refractivity contribution in [2.75, 3.05) is 6.61 Å². The number of hydrogen-bond acceptors (Lipinski definition) is 6. The molecule has 1 amide bonds. The molecule has 35 heavy (non-hydrogen) atoms. The molecule has 0 aliphatic heterocycles. The van der Waals surface area contributed by atoms with Gasteiger partial charge in [-0.05, 0) is 45.7 Å². The molecule has 2 N–H and O–H groups in total. The second-order valence-electron chi connectivity index (χ2n) is 10.4. The Labute approximate surface area is 204 Å². The Morgan fingerprint density at radius 1 is 1.11 bits per heavy atom. The zero-order chi connectivity index (χ0) is 25.8. The van der Waals surface area contributed by atoms with Gasteiger partial charge in [-0.1, -0.05) is 71.0 Å². The normalized spacial score (nSPS) is 12.1. The average Bonchev–Trinajstić information content (AvgIpc) is 2.77. The van der Waals surface area contributed by atoms with E-state index >= 15 is 0 Å². The molecule has 3 rings (SSSR count). The molecule has 0 aliphatic rings. The number of hydrazone groups is 1. The summed E-state index contributed by atoms with van der Waals surface area (Å²) in [5.41, 5.74) is 3.20. The first-order valence-corrected chi connectivity index (χ1v) is 11.3. The molecule has 3 aromatic carbocycles. The summed E-state index contributed by atoms with van der Waals surface area (Å²) in [7, 11) is 0. The molecule has 0 spiro atoms. The Hall–Kier alpha value is -3.94. The molecule has 3 aromatic rings. The largest absolute Gasteiger partial charge is 0.507 e. The summed E-state index contributed by atoms with van der Waals surface area (Å²) in [6.45, 7) is 10.0. The minimum atomic E-state index is -0.590. The third-order valence-electron chi connectivity index (χ3n) is 5.60. The SMILES string of the molecule is CC(C)(C)CC(C)(C)c1ccc(OCC(=O)N/N=C\c2c(O)ccc3ccccc23)c([N+](=O)[O-])c1. The van der Waals surface area contributed by atoms with E-state index in [9.17, 15) is 20.0 Å². The van der Waals surface area contributed by atoms with Gasteiger partial charge in [0.2, 0.25) is 0 Å². The molecule has 8 nitrogen and oxygen atoms in total. The number of phenols is 1. The molecular weight excluding hydrogens is 446 g/mol. The van der Waals surface area contributed by atoms with Crippen LogP contribution in [0.5, 0.6) is 11.5 Å². The molecule has 0 aliphatic carbocycles. The first-order chi connectivity index (χ1) is 16.4. The van der Waals surface area contributed by atoms with Gasteiger partial charge in [0.05, 0.1) is 11.1 Å². The van der Waals surface area contributed by atoms with Gasteiger partial charge in [0, 0.05) is 11.6 Å². The Bertz CT molecular complexity index is 1280. The second-order valence-corrected chi connectivity index (χ2v) is 10.4. The van der Waals surface area contributed by atoms with Crippen molar-refractivity contribution in [2.24, 2.45) is 10.5 Å². The van der Waals surface area contributed by atoms with Crippen LogP contribution in [0.4, 0.5) is 5.69 Å². The lowest BCUT2D eigenvalue weighted by molar-refractivity contribution is -0.385. The number of carbonyl (C=O) groups excluding carboxylic acids is 1. The number of benzene rings is 3. The van der Waals surface area contributed by atoms with Crippen molar-refractivity contribution in [3.8, 4) is 11.5 Å². The predicted octanol–water partition coefficient (Wildman–Crippen LogP) is 5.70. The lowest BCUT2D eigenvalue weighted by Gasteiger charge is -2.33. The maximum Gasteiger partial charge on any atom is 0.311 e.